The fourth-order valence-corrected chi connectivity index (χ4v) is 5.47. The summed E-state index contributed by atoms with van der Waals surface area (Å²) < 4.78 is 240. The van der Waals surface area contributed by atoms with Crippen molar-refractivity contribution < 1.29 is 114 Å². The average Bonchev–Trinajstić information content (AvgIpc) is 3.35. The van der Waals surface area contributed by atoms with Gasteiger partial charge in [-0.25, -0.2) is 0 Å². The summed E-state index contributed by atoms with van der Waals surface area (Å²) in [7, 11) is 0. The molecule has 2 N–H and O–H groups in total. The number of halogens is 14. The molecule has 44 heteroatoms. The van der Waals surface area contributed by atoms with Gasteiger partial charge in [-0.3, -0.25) is 9.53 Å². The van der Waals surface area contributed by atoms with Gasteiger partial charge in [0.25, 0.3) is 5.91 Å². The number of nitrogens with one attached hydrogen (secondary N) is 2. The van der Waals surface area contributed by atoms with Gasteiger partial charge in [0.15, 0.2) is 0 Å². The lowest BCUT2D eigenvalue weighted by molar-refractivity contribution is -0.478. The minimum atomic E-state index is -7.37. The highest BCUT2D eigenvalue weighted by Gasteiger charge is 2.77. The van der Waals surface area contributed by atoms with Crippen molar-refractivity contribution in [1.29, 1.82) is 0 Å². The first kappa shape index (κ1) is 73.8. The molecule has 0 aliphatic carbocycles. The first-order valence-electron chi connectivity index (χ1n) is 23.7. The molecule has 0 saturated carbocycles. The Morgan fingerprint density at radius 2 is 0.829 bits per heavy atom. The summed E-state index contributed by atoms with van der Waals surface area (Å²) >= 11 is 0. The molecule has 0 radical (unpaired) electrons. The third-order valence-corrected chi connectivity index (χ3v) is 9.40. The van der Waals surface area contributed by atoms with Gasteiger partial charge in [-0.05, 0) is 22.1 Å². The van der Waals surface area contributed by atoms with Crippen molar-refractivity contribution in [2.45, 2.75) is 42.5 Å². The topological polar surface area (TPSA) is 374 Å². The van der Waals surface area contributed by atoms with Gasteiger partial charge in [0.2, 0.25) is 23.9 Å². The summed E-state index contributed by atoms with van der Waals surface area (Å²) in [6.45, 7) is -5.15. The molecule has 1 aromatic heterocycles. The van der Waals surface area contributed by atoms with Gasteiger partial charge in [-0.1, -0.05) is 20.5 Å². The van der Waals surface area contributed by atoms with E-state index >= 15 is 0 Å². The van der Waals surface area contributed by atoms with E-state index in [4.69, 9.17) is 60.0 Å². The lowest BCUT2D eigenvalue weighted by Crippen LogP contribution is -2.63. The molecule has 1 aromatic rings. The highest BCUT2D eigenvalue weighted by atomic mass is 19.4. The number of ether oxygens (including phenoxy) is 10. The molecule has 1 heterocycles. The van der Waals surface area contributed by atoms with Crippen LogP contribution in [0.3, 0.4) is 0 Å². The number of hydrogen-bond acceptors (Lipinski definition) is 21. The van der Waals surface area contributed by atoms with E-state index in [-0.39, 0.29) is 170 Å². The van der Waals surface area contributed by atoms with E-state index in [1.807, 2.05) is 0 Å². The summed E-state index contributed by atoms with van der Waals surface area (Å²) in [5.74, 6) is -17.1. The predicted octanol–water partition coefficient (Wildman–Crippen LogP) is 6.37. The second-order valence-electron chi connectivity index (χ2n) is 15.3. The molecule has 0 aliphatic heterocycles. The van der Waals surface area contributed by atoms with E-state index in [9.17, 15) is 66.3 Å². The fraction of sp³-hybridized carbons (Fsp3) is 0.895. The number of azide groups is 4. The number of rotatable bonds is 49. The van der Waals surface area contributed by atoms with Crippen LogP contribution >= 0.6 is 0 Å². The summed E-state index contributed by atoms with van der Waals surface area (Å²) in [5, 5.41) is 17.3. The van der Waals surface area contributed by atoms with Crippen molar-refractivity contribution in [3.8, 4) is 0 Å². The maximum absolute atomic E-state index is 14.8. The quantitative estimate of drug-likeness (QED) is 0.0235. The number of aromatic nitrogens is 3. The normalized spacial score (nSPS) is 13.2. The summed E-state index contributed by atoms with van der Waals surface area (Å²) in [4.78, 5) is 39.4. The molecule has 0 aromatic carbocycles. The van der Waals surface area contributed by atoms with Crippen molar-refractivity contribution >= 4 is 23.8 Å². The van der Waals surface area contributed by atoms with Crippen LogP contribution < -0.4 is 20.4 Å². The van der Waals surface area contributed by atoms with Crippen molar-refractivity contribution in [2.75, 3.05) is 193 Å². The van der Waals surface area contributed by atoms with E-state index in [0.717, 1.165) is 0 Å². The van der Waals surface area contributed by atoms with Gasteiger partial charge < -0.3 is 63.1 Å². The maximum atomic E-state index is 14.8. The van der Waals surface area contributed by atoms with Crippen LogP contribution in [-0.2, 0) is 52.2 Å². The Hall–Kier alpha value is -6.26. The molecule has 0 aliphatic rings. The van der Waals surface area contributed by atoms with Gasteiger partial charge >= 0.3 is 36.4 Å². The minimum absolute atomic E-state index is 0.0248. The lowest BCUT2D eigenvalue weighted by Gasteiger charge is -2.36. The first-order chi connectivity index (χ1) is 38.8. The Labute approximate surface area is 455 Å². The fourth-order valence-electron chi connectivity index (χ4n) is 5.47. The molecule has 0 fully saturated rings. The third-order valence-electron chi connectivity index (χ3n) is 9.40. The molecule has 2 atom stereocenters. The van der Waals surface area contributed by atoms with E-state index < -0.39 is 74.1 Å². The van der Waals surface area contributed by atoms with Crippen molar-refractivity contribution in [3.63, 3.8) is 0 Å². The molecule has 2 unspecified atom stereocenters. The number of nitrogens with zero attached hydrogens (tertiary/aromatic N) is 17. The zero-order valence-electron chi connectivity index (χ0n) is 43.1. The number of carbonyl (C=O) groups is 1. The number of alkyl halides is 14. The lowest BCUT2D eigenvalue weighted by atomic mass is 10.2. The largest absolute Gasteiger partial charge is 0.457 e. The van der Waals surface area contributed by atoms with Gasteiger partial charge in [0.05, 0.1) is 106 Å². The van der Waals surface area contributed by atoms with Gasteiger partial charge in [0, 0.05) is 85.1 Å². The van der Waals surface area contributed by atoms with Crippen LogP contribution in [0.1, 0.15) is 0 Å². The van der Waals surface area contributed by atoms with Crippen LogP contribution in [0.5, 0.6) is 0 Å². The molecule has 1 amide bonds. The molecule has 0 saturated heterocycles. The van der Waals surface area contributed by atoms with E-state index in [0.29, 0.717) is 0 Å². The Morgan fingerprint density at radius 1 is 0.488 bits per heavy atom. The Kier molecular flexibility index (Phi) is 36.0. The highest BCUT2D eigenvalue weighted by molar-refractivity contribution is 5.81. The monoisotopic (exact) mass is 1220 g/mol. The molecular formula is C38H57F14N19O11. The summed E-state index contributed by atoms with van der Waals surface area (Å²) in [6, 6.07) is 0. The summed E-state index contributed by atoms with van der Waals surface area (Å²) in [6.07, 6.45) is -32.5. The molecular weight excluding hydrogens is 1160 g/mol. The van der Waals surface area contributed by atoms with E-state index in [1.54, 1.807) is 0 Å². The van der Waals surface area contributed by atoms with Crippen LogP contribution in [0, 0.1) is 0 Å². The van der Waals surface area contributed by atoms with Crippen LogP contribution in [0.25, 0.3) is 41.8 Å². The molecule has 468 valence electrons. The molecule has 1 rings (SSSR count). The van der Waals surface area contributed by atoms with Crippen LogP contribution in [-0.4, -0.2) is 241 Å². The van der Waals surface area contributed by atoms with Gasteiger partial charge in [0.1, 0.15) is 6.61 Å². The highest BCUT2D eigenvalue weighted by Crippen LogP contribution is 2.50. The van der Waals surface area contributed by atoms with Gasteiger partial charge in [-0.2, -0.15) is 76.4 Å². The van der Waals surface area contributed by atoms with Crippen LogP contribution in [0.4, 0.5) is 79.3 Å². The predicted molar refractivity (Wildman–Crippen MR) is 251 cm³/mol. The second kappa shape index (κ2) is 40.0. The molecule has 0 bridgehead atoms. The summed E-state index contributed by atoms with van der Waals surface area (Å²) in [5.41, 5.74) is 33.8. The second-order valence-corrected chi connectivity index (χ2v) is 15.3. The number of carbonyl (C=O) groups excluding carboxylic acids is 1. The Balaban J connectivity index is 3.64. The zero-order valence-corrected chi connectivity index (χ0v) is 43.1. The Morgan fingerprint density at radius 3 is 1.13 bits per heavy atom. The third kappa shape index (κ3) is 30.2. The van der Waals surface area contributed by atoms with E-state index in [2.05, 4.69) is 69.8 Å². The molecule has 30 nitrogen and oxygen atoms in total. The molecule has 0 spiro atoms. The SMILES string of the molecule is [N-]=[N+]=NCCOCCOCCN(CCOCCOCCN=[N+]=[N-])c1nc(NCCNC(=O)C(OC(F)(F)C(F)(OCC(F)(F)C(F)(F)F)C(F)(F)F)C(F)(F)F)nc(N(CCOCCOCCN=[N+]=[N-])CCOCCOCCN=[N+]=[N-])n1. The number of hydrogen-bond donors (Lipinski definition) is 2. The number of anilines is 3. The smallest absolute Gasteiger partial charge is 0.379 e. The average molecular weight is 1220 g/mol. The standard InChI is InChI=1S/C38H57F14N19O11/c39-33(40,36(45,46)47)27-81-35(44,37(48,49)50)38(51,52)82-28(34(41,42)43)29(72)57-1-2-58-30-63-31(70(7-15-77-23-19-73-11-3-59-66-53)8-16-78-24-20-74-12-4-60-67-54)65-32(64-30)71(9-17-79-25-21-75-13-5-61-68-55)10-18-80-26-22-76-14-6-62-69-56/h28H,1-27H2,(H,57,72)(H,58,63,64,65). The maximum Gasteiger partial charge on any atom is 0.457 e. The van der Waals surface area contributed by atoms with Gasteiger partial charge in [-0.15, -0.1) is 0 Å². The van der Waals surface area contributed by atoms with Crippen molar-refractivity contribution in [2.24, 2.45) is 20.5 Å². The number of amides is 1. The Bertz CT molecular complexity index is 2010. The van der Waals surface area contributed by atoms with Crippen molar-refractivity contribution in [1.82, 2.24) is 20.3 Å². The minimum Gasteiger partial charge on any atom is -0.379 e. The van der Waals surface area contributed by atoms with Crippen LogP contribution in [0.2, 0.25) is 0 Å². The molecule has 82 heavy (non-hydrogen) atoms. The van der Waals surface area contributed by atoms with E-state index in [1.165, 1.54) is 15.1 Å². The van der Waals surface area contributed by atoms with Crippen LogP contribution in [0.15, 0.2) is 20.5 Å². The first-order valence-corrected chi connectivity index (χ1v) is 23.7. The zero-order chi connectivity index (χ0) is 61.4. The van der Waals surface area contributed by atoms with Crippen molar-refractivity contribution in [3.05, 3.63) is 41.8 Å².